The summed E-state index contributed by atoms with van der Waals surface area (Å²) in [5, 5.41) is 5.23. The van der Waals surface area contributed by atoms with Gasteiger partial charge in [-0.1, -0.05) is 30.7 Å². The van der Waals surface area contributed by atoms with Gasteiger partial charge in [0, 0.05) is 17.0 Å². The van der Waals surface area contributed by atoms with Crippen LogP contribution in [0.5, 0.6) is 0 Å². The Balaban J connectivity index is 1.66. The number of rotatable bonds is 5. The zero-order chi connectivity index (χ0) is 15.2. The number of nitrogens with zero attached hydrogens (tertiary/aromatic N) is 1. The minimum Gasteiger partial charge on any atom is -0.350 e. The standard InChI is InChI=1S/C18H22N2OS/c21-18(15-8-3-1-4-9-15)19-14-16(17-10-7-13-22-17)20-11-5-2-6-12-20/h1,3-4,7-10,13,16H,2,5-6,11-12,14H2,(H,19,21)/t16-/m1/s1. The molecule has 1 aromatic carbocycles. The summed E-state index contributed by atoms with van der Waals surface area (Å²) in [5.74, 6) is 0.0131. The molecule has 1 saturated heterocycles. The van der Waals surface area contributed by atoms with Crippen LogP contribution < -0.4 is 5.32 Å². The molecule has 3 nitrogen and oxygen atoms in total. The van der Waals surface area contributed by atoms with E-state index in [1.807, 2.05) is 30.3 Å². The molecule has 1 N–H and O–H groups in total. The monoisotopic (exact) mass is 314 g/mol. The van der Waals surface area contributed by atoms with E-state index in [1.54, 1.807) is 11.3 Å². The largest absolute Gasteiger partial charge is 0.350 e. The molecule has 0 aliphatic carbocycles. The van der Waals surface area contributed by atoms with E-state index in [9.17, 15) is 4.79 Å². The number of carbonyl (C=O) groups excluding carboxylic acids is 1. The molecule has 3 rings (SSSR count). The van der Waals surface area contributed by atoms with Crippen LogP contribution in [0.1, 0.15) is 40.5 Å². The Hall–Kier alpha value is -1.65. The lowest BCUT2D eigenvalue weighted by Gasteiger charge is -2.34. The topological polar surface area (TPSA) is 32.3 Å². The first-order valence-corrected chi connectivity index (χ1v) is 8.83. The van der Waals surface area contributed by atoms with Gasteiger partial charge in [-0.2, -0.15) is 0 Å². The van der Waals surface area contributed by atoms with Crippen molar-refractivity contribution >= 4 is 17.2 Å². The molecule has 0 spiro atoms. The lowest BCUT2D eigenvalue weighted by molar-refractivity contribution is 0.0925. The molecule has 2 aromatic rings. The summed E-state index contributed by atoms with van der Waals surface area (Å²) in [6.07, 6.45) is 3.84. The molecule has 1 fully saturated rings. The Labute approximate surface area is 136 Å². The average molecular weight is 314 g/mol. The van der Waals surface area contributed by atoms with Crippen molar-refractivity contribution in [1.29, 1.82) is 0 Å². The van der Waals surface area contributed by atoms with Crippen molar-refractivity contribution in [3.63, 3.8) is 0 Å². The summed E-state index contributed by atoms with van der Waals surface area (Å²) in [5.41, 5.74) is 0.728. The lowest BCUT2D eigenvalue weighted by Crippen LogP contribution is -2.40. The number of benzene rings is 1. The highest BCUT2D eigenvalue weighted by Crippen LogP contribution is 2.27. The van der Waals surface area contributed by atoms with Gasteiger partial charge in [-0.3, -0.25) is 9.69 Å². The zero-order valence-corrected chi connectivity index (χ0v) is 13.5. The zero-order valence-electron chi connectivity index (χ0n) is 12.7. The fourth-order valence-electron chi connectivity index (χ4n) is 3.00. The maximum Gasteiger partial charge on any atom is 0.251 e. The van der Waals surface area contributed by atoms with Crippen LogP contribution in [-0.2, 0) is 0 Å². The van der Waals surface area contributed by atoms with E-state index < -0.39 is 0 Å². The van der Waals surface area contributed by atoms with Crippen LogP contribution >= 0.6 is 11.3 Å². The molecule has 1 atom stereocenters. The van der Waals surface area contributed by atoms with E-state index >= 15 is 0 Å². The first-order chi connectivity index (χ1) is 10.8. The molecule has 2 heterocycles. The summed E-state index contributed by atoms with van der Waals surface area (Å²) >= 11 is 1.78. The number of piperidine rings is 1. The molecule has 116 valence electrons. The molecule has 1 aromatic heterocycles. The van der Waals surface area contributed by atoms with Gasteiger partial charge in [-0.25, -0.2) is 0 Å². The van der Waals surface area contributed by atoms with Gasteiger partial charge in [0.1, 0.15) is 0 Å². The fraction of sp³-hybridized carbons (Fsp3) is 0.389. The predicted molar refractivity (Wildman–Crippen MR) is 91.3 cm³/mol. The van der Waals surface area contributed by atoms with Crippen LogP contribution in [0.4, 0.5) is 0 Å². The Kier molecular flexibility index (Phi) is 5.24. The summed E-state index contributed by atoms with van der Waals surface area (Å²) in [7, 11) is 0. The number of amides is 1. The summed E-state index contributed by atoms with van der Waals surface area (Å²) in [6.45, 7) is 2.93. The quantitative estimate of drug-likeness (QED) is 0.912. The number of hydrogen-bond acceptors (Lipinski definition) is 3. The predicted octanol–water partition coefficient (Wildman–Crippen LogP) is 3.71. The van der Waals surface area contributed by atoms with Crippen molar-refractivity contribution in [2.75, 3.05) is 19.6 Å². The van der Waals surface area contributed by atoms with E-state index in [-0.39, 0.29) is 5.91 Å². The third kappa shape index (κ3) is 3.76. The van der Waals surface area contributed by atoms with Crippen LogP contribution in [0.3, 0.4) is 0 Å². The van der Waals surface area contributed by atoms with E-state index in [2.05, 4.69) is 27.7 Å². The van der Waals surface area contributed by atoms with Gasteiger partial charge >= 0.3 is 0 Å². The molecular weight excluding hydrogens is 292 g/mol. The first-order valence-electron chi connectivity index (χ1n) is 7.95. The van der Waals surface area contributed by atoms with E-state index in [0.717, 1.165) is 18.7 Å². The molecule has 4 heteroatoms. The second-order valence-electron chi connectivity index (χ2n) is 5.70. The summed E-state index contributed by atoms with van der Waals surface area (Å²) < 4.78 is 0. The third-order valence-electron chi connectivity index (χ3n) is 4.19. The highest BCUT2D eigenvalue weighted by Gasteiger charge is 2.23. The van der Waals surface area contributed by atoms with Gasteiger partial charge in [0.25, 0.3) is 5.91 Å². The van der Waals surface area contributed by atoms with Crippen LogP contribution in [0, 0.1) is 0 Å². The van der Waals surface area contributed by atoms with Crippen LogP contribution in [0.15, 0.2) is 47.8 Å². The SMILES string of the molecule is O=C(NC[C@H](c1cccs1)N1CCCCC1)c1ccccc1. The Morgan fingerprint density at radius 3 is 2.55 bits per heavy atom. The molecule has 22 heavy (non-hydrogen) atoms. The minimum absolute atomic E-state index is 0.0131. The second kappa shape index (κ2) is 7.56. The van der Waals surface area contributed by atoms with Crippen molar-refractivity contribution in [1.82, 2.24) is 10.2 Å². The molecule has 0 radical (unpaired) electrons. The molecule has 0 saturated carbocycles. The van der Waals surface area contributed by atoms with Gasteiger partial charge in [-0.05, 0) is 49.5 Å². The number of nitrogens with one attached hydrogen (secondary N) is 1. The number of carbonyl (C=O) groups is 1. The van der Waals surface area contributed by atoms with Crippen molar-refractivity contribution in [3.8, 4) is 0 Å². The number of hydrogen-bond donors (Lipinski definition) is 1. The van der Waals surface area contributed by atoms with Crippen molar-refractivity contribution in [2.24, 2.45) is 0 Å². The Bertz CT molecular complexity index is 576. The third-order valence-corrected chi connectivity index (χ3v) is 5.17. The van der Waals surface area contributed by atoms with Gasteiger partial charge in [0.05, 0.1) is 6.04 Å². The van der Waals surface area contributed by atoms with Gasteiger partial charge < -0.3 is 5.32 Å². The van der Waals surface area contributed by atoms with E-state index in [0.29, 0.717) is 12.6 Å². The second-order valence-corrected chi connectivity index (χ2v) is 6.68. The Morgan fingerprint density at radius 1 is 1.09 bits per heavy atom. The van der Waals surface area contributed by atoms with Crippen LogP contribution in [0.2, 0.25) is 0 Å². The molecular formula is C18H22N2OS. The van der Waals surface area contributed by atoms with Crippen LogP contribution in [-0.4, -0.2) is 30.4 Å². The van der Waals surface area contributed by atoms with Crippen molar-refractivity contribution in [3.05, 3.63) is 58.3 Å². The van der Waals surface area contributed by atoms with Crippen LogP contribution in [0.25, 0.3) is 0 Å². The van der Waals surface area contributed by atoms with Crippen molar-refractivity contribution < 1.29 is 4.79 Å². The fourth-order valence-corrected chi connectivity index (χ4v) is 3.86. The van der Waals surface area contributed by atoms with Crippen molar-refractivity contribution in [2.45, 2.75) is 25.3 Å². The van der Waals surface area contributed by atoms with Gasteiger partial charge in [0.15, 0.2) is 0 Å². The lowest BCUT2D eigenvalue weighted by atomic mass is 10.1. The first kappa shape index (κ1) is 15.3. The molecule has 1 amide bonds. The van der Waals surface area contributed by atoms with Gasteiger partial charge in [0.2, 0.25) is 0 Å². The molecule has 1 aliphatic heterocycles. The van der Waals surface area contributed by atoms with E-state index in [1.165, 1.54) is 24.1 Å². The van der Waals surface area contributed by atoms with Gasteiger partial charge in [-0.15, -0.1) is 11.3 Å². The smallest absolute Gasteiger partial charge is 0.251 e. The average Bonchev–Trinajstić information content (AvgIpc) is 3.11. The normalized spacial score (nSPS) is 17.1. The molecule has 1 aliphatic rings. The molecule has 0 bridgehead atoms. The minimum atomic E-state index is 0.0131. The number of thiophene rings is 1. The maximum absolute atomic E-state index is 12.3. The molecule has 0 unspecified atom stereocenters. The maximum atomic E-state index is 12.3. The highest BCUT2D eigenvalue weighted by atomic mass is 32.1. The van der Waals surface area contributed by atoms with E-state index in [4.69, 9.17) is 0 Å². The number of likely N-dealkylation sites (tertiary alicyclic amines) is 1. The summed E-state index contributed by atoms with van der Waals surface area (Å²) in [6, 6.07) is 14.0. The Morgan fingerprint density at radius 2 is 1.86 bits per heavy atom. The highest BCUT2D eigenvalue weighted by molar-refractivity contribution is 7.10. The summed E-state index contributed by atoms with van der Waals surface area (Å²) in [4.78, 5) is 16.1.